The van der Waals surface area contributed by atoms with Gasteiger partial charge < -0.3 is 10.3 Å². The molecule has 1 rings (SSSR count). The van der Waals surface area contributed by atoms with E-state index >= 15 is 0 Å². The Balaban J connectivity index is 3.61. The molecular weight excluding hydrogens is 351 g/mol. The number of nitrogen functional groups attached to an aromatic ring is 1. The van der Waals surface area contributed by atoms with Crippen molar-refractivity contribution in [1.82, 2.24) is 0 Å². The van der Waals surface area contributed by atoms with Crippen molar-refractivity contribution < 1.29 is 25.9 Å². The zero-order chi connectivity index (χ0) is 17.3. The van der Waals surface area contributed by atoms with Gasteiger partial charge in [0.2, 0.25) is 27.4 Å². The van der Waals surface area contributed by atoms with Gasteiger partial charge in [0, 0.05) is 12.4 Å². The van der Waals surface area contributed by atoms with Crippen molar-refractivity contribution in [2.24, 2.45) is 0 Å². The van der Waals surface area contributed by atoms with E-state index in [0.717, 1.165) is 18.6 Å². The van der Waals surface area contributed by atoms with Gasteiger partial charge in [0.1, 0.15) is 0 Å². The van der Waals surface area contributed by atoms with Gasteiger partial charge in [-0.25, -0.2) is 16.8 Å². The number of hydrogen-bond acceptors (Lipinski definition) is 7. The summed E-state index contributed by atoms with van der Waals surface area (Å²) in [6.45, 7) is 3.14. The van der Waals surface area contributed by atoms with E-state index in [1.807, 2.05) is 0 Å². The van der Waals surface area contributed by atoms with Crippen molar-refractivity contribution in [3.63, 3.8) is 0 Å². The van der Waals surface area contributed by atoms with E-state index in [4.69, 9.17) is 10.3 Å². The van der Waals surface area contributed by atoms with Crippen LogP contribution in [0.3, 0.4) is 0 Å². The van der Waals surface area contributed by atoms with Gasteiger partial charge in [0.15, 0.2) is 0 Å². The van der Waals surface area contributed by atoms with Gasteiger partial charge in [-0.05, 0) is 25.1 Å². The third-order valence-corrected chi connectivity index (χ3v) is 7.90. The highest BCUT2D eigenvalue weighted by Gasteiger charge is 2.30. The van der Waals surface area contributed by atoms with Gasteiger partial charge in [0.25, 0.3) is 0 Å². The molecule has 0 aromatic heterocycles. The maximum absolute atomic E-state index is 12.5. The highest BCUT2D eigenvalue weighted by Crippen LogP contribution is 2.44. The molecule has 8 nitrogen and oxygen atoms in total. The summed E-state index contributed by atoms with van der Waals surface area (Å²) in [4.78, 5) is 0. The molecule has 0 saturated carbocycles. The summed E-state index contributed by atoms with van der Waals surface area (Å²) in [5, 5.41) is 0.0733. The Hall–Kier alpha value is -1.09. The molecule has 0 bridgehead atoms. The van der Waals surface area contributed by atoms with E-state index in [9.17, 15) is 21.4 Å². The molecule has 0 saturated heterocycles. The average Bonchev–Trinajstić information content (AvgIpc) is 2.27. The Bertz CT molecular complexity index is 787. The van der Waals surface area contributed by atoms with Crippen molar-refractivity contribution in [2.45, 2.75) is 6.92 Å². The third-order valence-electron chi connectivity index (χ3n) is 2.64. The van der Waals surface area contributed by atoms with Crippen molar-refractivity contribution in [1.29, 1.82) is 0 Å². The molecule has 22 heavy (non-hydrogen) atoms. The standard InChI is InChI=1S/C11H19N2O6PS2/c1-5-19-20(2,14)11-8-9(6-7-10(11)12)13(21(3,15)16)22(4,17)18/h6-8H,5,12H2,1-4H3. The molecule has 0 aliphatic carbocycles. The van der Waals surface area contributed by atoms with Crippen LogP contribution in [0.1, 0.15) is 6.92 Å². The monoisotopic (exact) mass is 370 g/mol. The Labute approximate surface area is 130 Å². The predicted molar refractivity (Wildman–Crippen MR) is 87.8 cm³/mol. The number of nitrogens with two attached hydrogens (primary N) is 1. The molecule has 0 amide bonds. The van der Waals surface area contributed by atoms with Crippen molar-refractivity contribution >= 4 is 44.1 Å². The van der Waals surface area contributed by atoms with Crippen LogP contribution >= 0.6 is 7.37 Å². The van der Waals surface area contributed by atoms with Gasteiger partial charge in [-0.1, -0.05) is 0 Å². The number of nitrogens with zero attached hydrogens (tertiary/aromatic N) is 1. The van der Waals surface area contributed by atoms with Gasteiger partial charge in [-0.2, -0.15) is 3.71 Å². The summed E-state index contributed by atoms with van der Waals surface area (Å²) < 4.78 is 65.0. The molecule has 1 atom stereocenters. The molecule has 126 valence electrons. The quantitative estimate of drug-likeness (QED) is 0.573. The topological polar surface area (TPSA) is 124 Å². The lowest BCUT2D eigenvalue weighted by molar-refractivity contribution is 0.345. The lowest BCUT2D eigenvalue weighted by Gasteiger charge is -2.22. The van der Waals surface area contributed by atoms with Crippen LogP contribution in [-0.2, 0) is 29.1 Å². The summed E-state index contributed by atoms with van der Waals surface area (Å²) in [5.74, 6) is 0. The molecule has 0 heterocycles. The first kappa shape index (κ1) is 19.0. The molecule has 2 N–H and O–H groups in total. The highest BCUT2D eigenvalue weighted by atomic mass is 32.3. The van der Waals surface area contributed by atoms with Crippen LogP contribution in [0.15, 0.2) is 18.2 Å². The normalized spacial score (nSPS) is 15.3. The maximum atomic E-state index is 12.5. The fourth-order valence-electron chi connectivity index (χ4n) is 1.94. The summed E-state index contributed by atoms with van der Waals surface area (Å²) in [7, 11) is -11.5. The van der Waals surface area contributed by atoms with E-state index in [2.05, 4.69) is 0 Å². The van der Waals surface area contributed by atoms with Crippen LogP contribution in [0.5, 0.6) is 0 Å². The zero-order valence-corrected chi connectivity index (χ0v) is 15.2. The minimum Gasteiger partial charge on any atom is -0.398 e. The summed E-state index contributed by atoms with van der Waals surface area (Å²) in [6, 6.07) is 3.68. The van der Waals surface area contributed by atoms with Gasteiger partial charge in [-0.3, -0.25) is 4.57 Å². The van der Waals surface area contributed by atoms with Gasteiger partial charge in [0.05, 0.1) is 30.1 Å². The zero-order valence-electron chi connectivity index (χ0n) is 12.7. The fourth-order valence-corrected chi connectivity index (χ4v) is 6.44. The maximum Gasteiger partial charge on any atom is 0.245 e. The molecule has 0 radical (unpaired) electrons. The molecule has 0 aliphatic rings. The lowest BCUT2D eigenvalue weighted by Crippen LogP contribution is -2.35. The van der Waals surface area contributed by atoms with Gasteiger partial charge in [-0.15, -0.1) is 0 Å². The van der Waals surface area contributed by atoms with E-state index in [0.29, 0.717) is 0 Å². The summed E-state index contributed by atoms with van der Waals surface area (Å²) in [5.41, 5.74) is 5.71. The SMILES string of the molecule is CCOP(C)(=O)c1cc(N(S(C)(=O)=O)S(C)(=O)=O)ccc1N. The Morgan fingerprint density at radius 3 is 2.09 bits per heavy atom. The minimum absolute atomic E-state index is 0.0733. The molecule has 0 fully saturated rings. The van der Waals surface area contributed by atoms with E-state index in [-0.39, 0.29) is 27.0 Å². The first-order valence-electron chi connectivity index (χ1n) is 6.13. The Kier molecular flexibility index (Phi) is 5.34. The van der Waals surface area contributed by atoms with Crippen molar-refractivity contribution in [3.05, 3.63) is 18.2 Å². The second-order valence-electron chi connectivity index (χ2n) is 4.73. The third kappa shape index (κ3) is 4.22. The highest BCUT2D eigenvalue weighted by molar-refractivity contribution is 8.09. The summed E-state index contributed by atoms with van der Waals surface area (Å²) in [6.07, 6.45) is 1.52. The molecular formula is C11H19N2O6PS2. The Morgan fingerprint density at radius 2 is 1.68 bits per heavy atom. The molecule has 1 unspecified atom stereocenters. The molecule has 0 aliphatic heterocycles. The fraction of sp³-hybridized carbons (Fsp3) is 0.455. The first-order chi connectivity index (χ1) is 9.80. The largest absolute Gasteiger partial charge is 0.398 e. The molecule has 0 spiro atoms. The first-order valence-corrected chi connectivity index (χ1v) is 11.9. The van der Waals surface area contributed by atoms with Crippen LogP contribution < -0.4 is 14.7 Å². The van der Waals surface area contributed by atoms with E-state index in [1.165, 1.54) is 18.8 Å². The van der Waals surface area contributed by atoms with Crippen LogP contribution in [0.2, 0.25) is 0 Å². The van der Waals surface area contributed by atoms with Crippen LogP contribution in [0.4, 0.5) is 11.4 Å². The number of benzene rings is 1. The average molecular weight is 370 g/mol. The predicted octanol–water partition coefficient (Wildman–Crippen LogP) is 0.564. The number of rotatable bonds is 6. The smallest absolute Gasteiger partial charge is 0.245 e. The molecule has 1 aromatic rings. The van der Waals surface area contributed by atoms with E-state index in [1.54, 1.807) is 6.92 Å². The lowest BCUT2D eigenvalue weighted by atomic mass is 10.3. The van der Waals surface area contributed by atoms with Crippen LogP contribution in [0.25, 0.3) is 0 Å². The second kappa shape index (κ2) is 6.19. The van der Waals surface area contributed by atoms with Crippen LogP contribution in [-0.4, -0.2) is 42.6 Å². The van der Waals surface area contributed by atoms with Crippen LogP contribution in [0, 0.1) is 0 Å². The second-order valence-corrected chi connectivity index (χ2v) is 11.1. The number of anilines is 2. The van der Waals surface area contributed by atoms with Crippen molar-refractivity contribution in [2.75, 3.05) is 35.2 Å². The van der Waals surface area contributed by atoms with E-state index < -0.39 is 27.4 Å². The Morgan fingerprint density at radius 1 is 1.18 bits per heavy atom. The van der Waals surface area contributed by atoms with Gasteiger partial charge >= 0.3 is 0 Å². The summed E-state index contributed by atoms with van der Waals surface area (Å²) >= 11 is 0. The van der Waals surface area contributed by atoms with Crippen molar-refractivity contribution in [3.8, 4) is 0 Å². The molecule has 11 heteroatoms. The number of hydrogen-bond donors (Lipinski definition) is 1. The minimum atomic E-state index is -4.09. The number of sulfonamides is 2. The molecule has 1 aromatic carbocycles.